The SMILES string of the molecule is Clc1ccc(CNc2c(Cl)ccc3nsnc23)o1. The molecule has 0 aliphatic heterocycles. The number of benzene rings is 1. The first-order valence-corrected chi connectivity index (χ1v) is 6.61. The molecule has 0 amide bonds. The largest absolute Gasteiger partial charge is 0.448 e. The Kier molecular flexibility index (Phi) is 3.11. The number of aromatic nitrogens is 2. The number of nitrogens with zero attached hydrogens (tertiary/aromatic N) is 2. The average Bonchev–Trinajstić information content (AvgIpc) is 2.96. The fraction of sp³-hybridized carbons (Fsp3) is 0.0909. The van der Waals surface area contributed by atoms with Crippen molar-refractivity contribution in [2.24, 2.45) is 0 Å². The van der Waals surface area contributed by atoms with Gasteiger partial charge in [0, 0.05) is 0 Å². The van der Waals surface area contributed by atoms with E-state index in [1.165, 1.54) is 0 Å². The second kappa shape index (κ2) is 4.76. The molecule has 1 N–H and O–H groups in total. The van der Waals surface area contributed by atoms with Crippen LogP contribution in [0.2, 0.25) is 10.2 Å². The third-order valence-corrected chi connectivity index (χ3v) is 3.51. The van der Waals surface area contributed by atoms with Gasteiger partial charge in [0.25, 0.3) is 0 Å². The number of fused-ring (bicyclic) bond motifs is 1. The minimum Gasteiger partial charge on any atom is -0.448 e. The second-order valence-electron chi connectivity index (χ2n) is 3.61. The summed E-state index contributed by atoms with van der Waals surface area (Å²) in [5, 5.41) is 4.16. The molecule has 3 rings (SSSR count). The fourth-order valence-corrected chi connectivity index (χ4v) is 2.54. The van der Waals surface area contributed by atoms with E-state index in [2.05, 4.69) is 14.1 Å². The number of halogens is 2. The highest BCUT2D eigenvalue weighted by Crippen LogP contribution is 2.30. The molecule has 0 unspecified atom stereocenters. The summed E-state index contributed by atoms with van der Waals surface area (Å²) in [5.74, 6) is 0.733. The quantitative estimate of drug-likeness (QED) is 0.787. The number of rotatable bonds is 3. The molecule has 92 valence electrons. The van der Waals surface area contributed by atoms with Crippen molar-refractivity contribution < 1.29 is 4.42 Å². The van der Waals surface area contributed by atoms with Gasteiger partial charge in [0.2, 0.25) is 0 Å². The molecular weight excluding hydrogens is 293 g/mol. The smallest absolute Gasteiger partial charge is 0.193 e. The maximum Gasteiger partial charge on any atom is 0.193 e. The van der Waals surface area contributed by atoms with Gasteiger partial charge >= 0.3 is 0 Å². The van der Waals surface area contributed by atoms with Gasteiger partial charge in [0.15, 0.2) is 5.22 Å². The highest BCUT2D eigenvalue weighted by molar-refractivity contribution is 7.00. The maximum absolute atomic E-state index is 6.15. The van der Waals surface area contributed by atoms with Crippen molar-refractivity contribution in [3.63, 3.8) is 0 Å². The first kappa shape index (κ1) is 11.8. The van der Waals surface area contributed by atoms with E-state index in [-0.39, 0.29) is 0 Å². The number of hydrogen-bond acceptors (Lipinski definition) is 5. The van der Waals surface area contributed by atoms with Gasteiger partial charge in [-0.3, -0.25) is 0 Å². The molecular formula is C11H7Cl2N3OS. The van der Waals surface area contributed by atoms with Crippen LogP contribution in [-0.2, 0) is 6.54 Å². The van der Waals surface area contributed by atoms with Crippen LogP contribution in [0.3, 0.4) is 0 Å². The minimum atomic E-state index is 0.367. The van der Waals surface area contributed by atoms with Crippen molar-refractivity contribution in [1.29, 1.82) is 0 Å². The lowest BCUT2D eigenvalue weighted by atomic mass is 10.2. The summed E-state index contributed by atoms with van der Waals surface area (Å²) >= 11 is 13.0. The van der Waals surface area contributed by atoms with Gasteiger partial charge in [-0.2, -0.15) is 8.75 Å². The molecule has 0 aliphatic rings. The number of furan rings is 1. The van der Waals surface area contributed by atoms with Gasteiger partial charge in [-0.1, -0.05) is 11.6 Å². The first-order valence-electron chi connectivity index (χ1n) is 5.13. The standard InChI is InChI=1S/C11H7Cl2N3OS/c12-7-2-3-8-11(16-18-15-8)10(7)14-5-6-1-4-9(13)17-6/h1-4,14H,5H2. The van der Waals surface area contributed by atoms with Gasteiger partial charge in [0.05, 0.1) is 29.0 Å². The molecule has 3 aromatic rings. The molecule has 7 heteroatoms. The van der Waals surface area contributed by atoms with Crippen molar-refractivity contribution in [2.45, 2.75) is 6.54 Å². The molecule has 18 heavy (non-hydrogen) atoms. The lowest BCUT2D eigenvalue weighted by Crippen LogP contribution is -1.99. The Morgan fingerprint density at radius 1 is 1.17 bits per heavy atom. The molecule has 0 saturated carbocycles. The molecule has 0 saturated heterocycles. The Bertz CT molecular complexity index is 694. The molecule has 0 atom stereocenters. The van der Waals surface area contributed by atoms with Crippen LogP contribution < -0.4 is 5.32 Å². The zero-order valence-corrected chi connectivity index (χ0v) is 11.3. The first-order chi connectivity index (χ1) is 8.74. The average molecular weight is 300 g/mol. The molecule has 4 nitrogen and oxygen atoms in total. The Morgan fingerprint density at radius 2 is 2.06 bits per heavy atom. The van der Waals surface area contributed by atoms with Crippen molar-refractivity contribution in [3.05, 3.63) is 40.3 Å². The highest BCUT2D eigenvalue weighted by Gasteiger charge is 2.10. The lowest BCUT2D eigenvalue weighted by Gasteiger charge is -2.06. The Labute approximate surface area is 117 Å². The highest BCUT2D eigenvalue weighted by atomic mass is 35.5. The monoisotopic (exact) mass is 299 g/mol. The maximum atomic E-state index is 6.15. The molecule has 2 heterocycles. The third kappa shape index (κ3) is 2.16. The van der Waals surface area contributed by atoms with E-state index in [0.717, 1.165) is 34.2 Å². The topological polar surface area (TPSA) is 51.0 Å². The molecule has 2 aromatic heterocycles. The van der Waals surface area contributed by atoms with Gasteiger partial charge in [-0.15, -0.1) is 0 Å². The van der Waals surface area contributed by atoms with Gasteiger partial charge < -0.3 is 9.73 Å². The van der Waals surface area contributed by atoms with Crippen molar-refractivity contribution in [3.8, 4) is 0 Å². The normalized spacial score (nSPS) is 11.0. The van der Waals surface area contributed by atoms with Gasteiger partial charge in [-0.05, 0) is 35.9 Å². The zero-order chi connectivity index (χ0) is 12.5. The predicted octanol–water partition coefficient (Wildman–Crippen LogP) is 4.20. The van der Waals surface area contributed by atoms with Crippen LogP contribution in [0.15, 0.2) is 28.7 Å². The number of anilines is 1. The van der Waals surface area contributed by atoms with Crippen LogP contribution in [-0.4, -0.2) is 8.75 Å². The van der Waals surface area contributed by atoms with E-state index >= 15 is 0 Å². The third-order valence-electron chi connectivity index (χ3n) is 2.45. The Morgan fingerprint density at radius 3 is 2.83 bits per heavy atom. The molecule has 0 radical (unpaired) electrons. The number of hydrogen-bond donors (Lipinski definition) is 1. The van der Waals surface area contributed by atoms with E-state index in [4.69, 9.17) is 27.6 Å². The van der Waals surface area contributed by atoms with Crippen LogP contribution >= 0.6 is 34.9 Å². The Hall–Kier alpha value is -1.30. The van der Waals surface area contributed by atoms with Gasteiger partial charge in [-0.25, -0.2) is 0 Å². The van der Waals surface area contributed by atoms with E-state index in [1.54, 1.807) is 12.1 Å². The van der Waals surface area contributed by atoms with Crippen molar-refractivity contribution in [2.75, 3.05) is 5.32 Å². The molecule has 1 aromatic carbocycles. The molecule has 0 aliphatic carbocycles. The lowest BCUT2D eigenvalue weighted by molar-refractivity contribution is 0.520. The summed E-state index contributed by atoms with van der Waals surface area (Å²) in [4.78, 5) is 0. The van der Waals surface area contributed by atoms with E-state index in [1.807, 2.05) is 12.1 Å². The summed E-state index contributed by atoms with van der Waals surface area (Å²) in [6, 6.07) is 7.15. The van der Waals surface area contributed by atoms with Crippen molar-refractivity contribution >= 4 is 51.7 Å². The second-order valence-corrected chi connectivity index (χ2v) is 4.92. The fourth-order valence-electron chi connectivity index (χ4n) is 1.62. The van der Waals surface area contributed by atoms with E-state index in [9.17, 15) is 0 Å². The summed E-state index contributed by atoms with van der Waals surface area (Å²) in [7, 11) is 0. The predicted molar refractivity (Wildman–Crippen MR) is 73.5 cm³/mol. The zero-order valence-electron chi connectivity index (χ0n) is 8.98. The molecule has 0 bridgehead atoms. The van der Waals surface area contributed by atoms with Gasteiger partial charge in [0.1, 0.15) is 16.8 Å². The summed E-state index contributed by atoms with van der Waals surface area (Å²) < 4.78 is 13.7. The van der Waals surface area contributed by atoms with Crippen LogP contribution in [0.1, 0.15) is 5.76 Å². The van der Waals surface area contributed by atoms with Crippen molar-refractivity contribution in [1.82, 2.24) is 8.75 Å². The number of nitrogens with one attached hydrogen (secondary N) is 1. The molecule has 0 spiro atoms. The van der Waals surface area contributed by atoms with Crippen LogP contribution in [0.4, 0.5) is 5.69 Å². The molecule has 0 fully saturated rings. The Balaban J connectivity index is 1.89. The van der Waals surface area contributed by atoms with Crippen LogP contribution in [0.25, 0.3) is 11.0 Å². The summed E-state index contributed by atoms with van der Waals surface area (Å²) in [6.07, 6.45) is 0. The summed E-state index contributed by atoms with van der Waals surface area (Å²) in [6.45, 7) is 0.489. The van der Waals surface area contributed by atoms with E-state index < -0.39 is 0 Å². The van der Waals surface area contributed by atoms with E-state index in [0.29, 0.717) is 16.8 Å². The summed E-state index contributed by atoms with van der Waals surface area (Å²) in [5.41, 5.74) is 2.35. The van der Waals surface area contributed by atoms with Crippen LogP contribution in [0.5, 0.6) is 0 Å². The minimum absolute atomic E-state index is 0.367. The van der Waals surface area contributed by atoms with Crippen LogP contribution in [0, 0.1) is 0 Å².